The van der Waals surface area contributed by atoms with E-state index < -0.39 is 0 Å². The quantitative estimate of drug-likeness (QED) is 0.799. The predicted octanol–water partition coefficient (Wildman–Crippen LogP) is 3.09. The van der Waals surface area contributed by atoms with E-state index in [-0.39, 0.29) is 5.91 Å². The minimum absolute atomic E-state index is 0.143. The predicted molar refractivity (Wildman–Crippen MR) is 72.5 cm³/mol. The van der Waals surface area contributed by atoms with Crippen molar-refractivity contribution in [3.8, 4) is 0 Å². The molecule has 0 bridgehead atoms. The van der Waals surface area contributed by atoms with Gasteiger partial charge >= 0.3 is 0 Å². The second kappa shape index (κ2) is 5.13. The third kappa shape index (κ3) is 2.83. The van der Waals surface area contributed by atoms with Gasteiger partial charge in [-0.2, -0.15) is 0 Å². The zero-order valence-electron chi connectivity index (χ0n) is 10.4. The number of carbonyl (C=O) groups is 1. The summed E-state index contributed by atoms with van der Waals surface area (Å²) in [7, 11) is 0. The summed E-state index contributed by atoms with van der Waals surface area (Å²) in [4.78, 5) is 15.1. The molecule has 1 heterocycles. The Morgan fingerprint density at radius 3 is 2.82 bits per heavy atom. The lowest BCUT2D eigenvalue weighted by Gasteiger charge is -2.18. The smallest absolute Gasteiger partial charge is 0.253 e. The van der Waals surface area contributed by atoms with Crippen LogP contribution in [-0.2, 0) is 0 Å². The lowest BCUT2D eigenvalue weighted by Crippen LogP contribution is -2.29. The molecule has 2 nitrogen and oxygen atoms in total. The fraction of sp³-hybridized carbons (Fsp3) is 0.500. The normalized spacial score (nSPS) is 20.0. The van der Waals surface area contributed by atoms with Crippen LogP contribution < -0.4 is 0 Å². The van der Waals surface area contributed by atoms with Crippen LogP contribution in [0.4, 0.5) is 0 Å². The first-order valence-electron chi connectivity index (χ1n) is 6.16. The molecule has 0 radical (unpaired) electrons. The summed E-state index contributed by atoms with van der Waals surface area (Å²) in [6, 6.07) is 7.48. The zero-order valence-corrected chi connectivity index (χ0v) is 11.3. The summed E-state index contributed by atoms with van der Waals surface area (Å²) in [6.07, 6.45) is 1.13. The molecule has 0 saturated carbocycles. The third-order valence-electron chi connectivity index (χ3n) is 3.55. The van der Waals surface area contributed by atoms with Gasteiger partial charge in [-0.15, -0.1) is 12.6 Å². The molecule has 0 aromatic heterocycles. The number of carbonyl (C=O) groups excluding carboxylic acids is 1. The SMILES string of the molecule is CC(C)C1CCN(C(=O)c2cccc(S)c2)C1. The molecule has 3 heteroatoms. The monoisotopic (exact) mass is 249 g/mol. The largest absolute Gasteiger partial charge is 0.338 e. The topological polar surface area (TPSA) is 20.3 Å². The Kier molecular flexibility index (Phi) is 3.77. The standard InChI is InChI=1S/C14H19NOS/c1-10(2)12-6-7-15(9-12)14(16)11-4-3-5-13(17)8-11/h3-5,8,10,12,17H,6-7,9H2,1-2H3. The molecule has 0 N–H and O–H groups in total. The number of amides is 1. The highest BCUT2D eigenvalue weighted by atomic mass is 32.1. The van der Waals surface area contributed by atoms with Gasteiger partial charge in [-0.05, 0) is 36.5 Å². The van der Waals surface area contributed by atoms with Crippen molar-refractivity contribution >= 4 is 18.5 Å². The van der Waals surface area contributed by atoms with Crippen LogP contribution in [0.5, 0.6) is 0 Å². The molecule has 1 amide bonds. The number of benzene rings is 1. The minimum Gasteiger partial charge on any atom is -0.338 e. The van der Waals surface area contributed by atoms with Crippen molar-refractivity contribution in [3.05, 3.63) is 29.8 Å². The maximum atomic E-state index is 12.3. The van der Waals surface area contributed by atoms with Crippen LogP contribution in [0.25, 0.3) is 0 Å². The molecule has 17 heavy (non-hydrogen) atoms. The van der Waals surface area contributed by atoms with Crippen LogP contribution in [0.2, 0.25) is 0 Å². The van der Waals surface area contributed by atoms with Crippen molar-refractivity contribution in [2.75, 3.05) is 13.1 Å². The molecule has 0 spiro atoms. The molecule has 1 aliphatic rings. The Morgan fingerprint density at radius 2 is 2.24 bits per heavy atom. The first kappa shape index (κ1) is 12.5. The van der Waals surface area contributed by atoms with E-state index in [4.69, 9.17) is 0 Å². The van der Waals surface area contributed by atoms with Gasteiger partial charge in [0.2, 0.25) is 0 Å². The molecule has 1 aromatic rings. The maximum absolute atomic E-state index is 12.3. The molecule has 1 atom stereocenters. The molecule has 1 saturated heterocycles. The van der Waals surface area contributed by atoms with Gasteiger partial charge in [-0.25, -0.2) is 0 Å². The van der Waals surface area contributed by atoms with Gasteiger partial charge in [0.1, 0.15) is 0 Å². The highest BCUT2D eigenvalue weighted by molar-refractivity contribution is 7.80. The van der Waals surface area contributed by atoms with Crippen molar-refractivity contribution in [2.24, 2.45) is 11.8 Å². The molecular weight excluding hydrogens is 230 g/mol. The van der Waals surface area contributed by atoms with E-state index in [2.05, 4.69) is 26.5 Å². The fourth-order valence-corrected chi connectivity index (χ4v) is 2.56. The number of thiol groups is 1. The Hall–Kier alpha value is -0.960. The summed E-state index contributed by atoms with van der Waals surface area (Å²) in [6.45, 7) is 6.24. The Labute approximate surface area is 108 Å². The first-order chi connectivity index (χ1) is 8.08. The summed E-state index contributed by atoms with van der Waals surface area (Å²) in [5, 5.41) is 0. The average molecular weight is 249 g/mol. The van der Waals surface area contributed by atoms with Crippen LogP contribution in [0.3, 0.4) is 0 Å². The zero-order chi connectivity index (χ0) is 12.4. The first-order valence-corrected chi connectivity index (χ1v) is 6.61. The summed E-state index contributed by atoms with van der Waals surface area (Å²) >= 11 is 4.27. The number of rotatable bonds is 2. The van der Waals surface area contributed by atoms with Crippen LogP contribution >= 0.6 is 12.6 Å². The maximum Gasteiger partial charge on any atom is 0.253 e. The Morgan fingerprint density at radius 1 is 1.47 bits per heavy atom. The van der Waals surface area contributed by atoms with E-state index >= 15 is 0 Å². The highest BCUT2D eigenvalue weighted by Crippen LogP contribution is 2.25. The van der Waals surface area contributed by atoms with Gasteiger partial charge in [0.05, 0.1) is 0 Å². The Balaban J connectivity index is 2.07. The molecule has 92 valence electrons. The molecule has 0 aliphatic carbocycles. The molecular formula is C14H19NOS. The minimum atomic E-state index is 0.143. The van der Waals surface area contributed by atoms with E-state index in [1.54, 1.807) is 0 Å². The molecule has 1 aromatic carbocycles. The van der Waals surface area contributed by atoms with Crippen LogP contribution in [0, 0.1) is 11.8 Å². The van der Waals surface area contributed by atoms with E-state index in [0.717, 1.165) is 30.0 Å². The van der Waals surface area contributed by atoms with Crippen molar-refractivity contribution in [1.82, 2.24) is 4.90 Å². The molecule has 1 aliphatic heterocycles. The molecule has 1 fully saturated rings. The number of likely N-dealkylation sites (tertiary alicyclic amines) is 1. The average Bonchev–Trinajstić information content (AvgIpc) is 2.77. The van der Waals surface area contributed by atoms with E-state index in [1.165, 1.54) is 0 Å². The van der Waals surface area contributed by atoms with E-state index in [9.17, 15) is 4.79 Å². The van der Waals surface area contributed by atoms with Crippen molar-refractivity contribution in [2.45, 2.75) is 25.2 Å². The van der Waals surface area contributed by atoms with E-state index in [1.807, 2.05) is 29.2 Å². The van der Waals surface area contributed by atoms with Gasteiger partial charge in [0.15, 0.2) is 0 Å². The van der Waals surface area contributed by atoms with Gasteiger partial charge in [0.25, 0.3) is 5.91 Å². The summed E-state index contributed by atoms with van der Waals surface area (Å²) in [5.41, 5.74) is 0.752. The number of nitrogens with zero attached hydrogens (tertiary/aromatic N) is 1. The van der Waals surface area contributed by atoms with Crippen LogP contribution in [-0.4, -0.2) is 23.9 Å². The van der Waals surface area contributed by atoms with Gasteiger partial charge < -0.3 is 4.90 Å². The summed E-state index contributed by atoms with van der Waals surface area (Å²) < 4.78 is 0. The van der Waals surface area contributed by atoms with Crippen LogP contribution in [0.15, 0.2) is 29.2 Å². The highest BCUT2D eigenvalue weighted by Gasteiger charge is 2.28. The second-order valence-corrected chi connectivity index (χ2v) is 5.61. The lowest BCUT2D eigenvalue weighted by molar-refractivity contribution is 0.0784. The number of hydrogen-bond donors (Lipinski definition) is 1. The molecule has 2 rings (SSSR count). The summed E-state index contributed by atoms with van der Waals surface area (Å²) in [5.74, 6) is 1.45. The van der Waals surface area contributed by atoms with Gasteiger partial charge in [-0.1, -0.05) is 19.9 Å². The van der Waals surface area contributed by atoms with Crippen molar-refractivity contribution in [1.29, 1.82) is 0 Å². The third-order valence-corrected chi connectivity index (χ3v) is 3.83. The Bertz CT molecular complexity index is 416. The lowest BCUT2D eigenvalue weighted by atomic mass is 9.95. The van der Waals surface area contributed by atoms with E-state index in [0.29, 0.717) is 11.8 Å². The molecule has 1 unspecified atom stereocenters. The second-order valence-electron chi connectivity index (χ2n) is 5.09. The van der Waals surface area contributed by atoms with Crippen molar-refractivity contribution in [3.63, 3.8) is 0 Å². The number of hydrogen-bond acceptors (Lipinski definition) is 2. The van der Waals surface area contributed by atoms with Crippen LogP contribution in [0.1, 0.15) is 30.6 Å². The van der Waals surface area contributed by atoms with Gasteiger partial charge in [-0.3, -0.25) is 4.79 Å². The fourth-order valence-electron chi connectivity index (χ4n) is 2.34. The van der Waals surface area contributed by atoms with Gasteiger partial charge in [0, 0.05) is 23.5 Å². The van der Waals surface area contributed by atoms with Crippen molar-refractivity contribution < 1.29 is 4.79 Å².